The molecule has 2 rings (SSSR count). The Labute approximate surface area is 100.0 Å². The number of methoxy groups -OCH3 is 1. The van der Waals surface area contributed by atoms with Crippen LogP contribution in [0, 0.1) is 12.7 Å². The van der Waals surface area contributed by atoms with Crippen LogP contribution in [0.2, 0.25) is 0 Å². The van der Waals surface area contributed by atoms with Crippen molar-refractivity contribution in [2.75, 3.05) is 7.11 Å². The van der Waals surface area contributed by atoms with Gasteiger partial charge in [-0.25, -0.2) is 4.39 Å². The molecule has 1 saturated carbocycles. The number of hydrogen-bond donors (Lipinski definition) is 1. The van der Waals surface area contributed by atoms with E-state index in [0.29, 0.717) is 11.1 Å². The molecule has 4 heteroatoms. The van der Waals surface area contributed by atoms with Crippen LogP contribution in [0.5, 0.6) is 0 Å². The minimum atomic E-state index is -0.287. The van der Waals surface area contributed by atoms with Crippen molar-refractivity contribution in [3.63, 3.8) is 0 Å². The fraction of sp³-hybridized carbons (Fsp3) is 0.462. The van der Waals surface area contributed by atoms with E-state index in [-0.39, 0.29) is 23.9 Å². The summed E-state index contributed by atoms with van der Waals surface area (Å²) >= 11 is 0. The Hall–Kier alpha value is -1.42. The van der Waals surface area contributed by atoms with Crippen LogP contribution in [0.3, 0.4) is 0 Å². The first-order valence-corrected chi connectivity index (χ1v) is 5.70. The number of carbonyl (C=O) groups excluding carboxylic acids is 1. The molecule has 0 spiro atoms. The number of benzene rings is 1. The molecule has 0 aliphatic heterocycles. The van der Waals surface area contributed by atoms with Crippen molar-refractivity contribution in [2.45, 2.75) is 31.9 Å². The minimum Gasteiger partial charge on any atom is -0.381 e. The van der Waals surface area contributed by atoms with Gasteiger partial charge >= 0.3 is 0 Å². The Kier molecular flexibility index (Phi) is 3.43. The maximum atomic E-state index is 13.1. The van der Waals surface area contributed by atoms with Gasteiger partial charge in [0.1, 0.15) is 5.82 Å². The van der Waals surface area contributed by atoms with Gasteiger partial charge in [0.25, 0.3) is 5.91 Å². The summed E-state index contributed by atoms with van der Waals surface area (Å²) in [5.74, 6) is -0.433. The molecule has 0 saturated heterocycles. The zero-order valence-corrected chi connectivity index (χ0v) is 10.00. The van der Waals surface area contributed by atoms with Gasteiger partial charge in [-0.15, -0.1) is 0 Å². The third-order valence-corrected chi connectivity index (χ3v) is 3.18. The molecule has 0 bridgehead atoms. The average Bonchev–Trinajstić information content (AvgIpc) is 2.26. The van der Waals surface area contributed by atoms with Crippen LogP contribution in [0.15, 0.2) is 18.2 Å². The molecule has 1 N–H and O–H groups in total. The van der Waals surface area contributed by atoms with Crippen LogP contribution >= 0.6 is 0 Å². The number of hydrogen-bond acceptors (Lipinski definition) is 2. The molecular formula is C13H16FNO2. The smallest absolute Gasteiger partial charge is 0.251 e. The first-order chi connectivity index (χ1) is 8.10. The molecule has 1 fully saturated rings. The SMILES string of the molecule is COC1CC(NC(=O)c2ccc(F)c(C)c2)C1. The monoisotopic (exact) mass is 237 g/mol. The van der Waals surface area contributed by atoms with Gasteiger partial charge < -0.3 is 10.1 Å². The Balaban J connectivity index is 1.94. The first-order valence-electron chi connectivity index (χ1n) is 5.70. The summed E-state index contributed by atoms with van der Waals surface area (Å²) in [7, 11) is 1.67. The molecule has 0 heterocycles. The molecule has 1 aromatic rings. The van der Waals surface area contributed by atoms with Gasteiger partial charge in [0.2, 0.25) is 0 Å². The molecule has 0 atom stereocenters. The van der Waals surface area contributed by atoms with Crippen molar-refractivity contribution in [1.82, 2.24) is 5.32 Å². The molecular weight excluding hydrogens is 221 g/mol. The lowest BCUT2D eigenvalue weighted by atomic mass is 9.89. The number of ether oxygens (including phenoxy) is 1. The highest BCUT2D eigenvalue weighted by atomic mass is 19.1. The van der Waals surface area contributed by atoms with Crippen LogP contribution in [-0.2, 0) is 4.74 Å². The summed E-state index contributed by atoms with van der Waals surface area (Å²) < 4.78 is 18.2. The van der Waals surface area contributed by atoms with Gasteiger partial charge in [0.05, 0.1) is 6.10 Å². The molecule has 1 aromatic carbocycles. The van der Waals surface area contributed by atoms with Crippen molar-refractivity contribution in [3.05, 3.63) is 35.1 Å². The van der Waals surface area contributed by atoms with Crippen molar-refractivity contribution >= 4 is 5.91 Å². The summed E-state index contributed by atoms with van der Waals surface area (Å²) in [5.41, 5.74) is 0.991. The third-order valence-electron chi connectivity index (χ3n) is 3.18. The van der Waals surface area contributed by atoms with E-state index in [1.165, 1.54) is 12.1 Å². The van der Waals surface area contributed by atoms with Crippen LogP contribution in [0.4, 0.5) is 4.39 Å². The fourth-order valence-electron chi connectivity index (χ4n) is 1.93. The van der Waals surface area contributed by atoms with E-state index in [0.717, 1.165) is 12.8 Å². The second-order valence-electron chi connectivity index (χ2n) is 4.46. The fourth-order valence-corrected chi connectivity index (χ4v) is 1.93. The highest BCUT2D eigenvalue weighted by molar-refractivity contribution is 5.94. The van der Waals surface area contributed by atoms with E-state index in [9.17, 15) is 9.18 Å². The normalized spacial score (nSPS) is 23.0. The predicted molar refractivity (Wildman–Crippen MR) is 62.4 cm³/mol. The lowest BCUT2D eigenvalue weighted by Crippen LogP contribution is -2.47. The van der Waals surface area contributed by atoms with Crippen LogP contribution in [-0.4, -0.2) is 25.2 Å². The first kappa shape index (κ1) is 12.0. The molecule has 1 amide bonds. The molecule has 92 valence electrons. The Morgan fingerprint density at radius 1 is 1.47 bits per heavy atom. The number of amides is 1. The van der Waals surface area contributed by atoms with Gasteiger partial charge in [-0.2, -0.15) is 0 Å². The Morgan fingerprint density at radius 2 is 2.18 bits per heavy atom. The largest absolute Gasteiger partial charge is 0.381 e. The van der Waals surface area contributed by atoms with Gasteiger partial charge in [-0.1, -0.05) is 0 Å². The summed E-state index contributed by atoms with van der Waals surface area (Å²) in [6.07, 6.45) is 1.96. The number of nitrogens with one attached hydrogen (secondary N) is 1. The van der Waals surface area contributed by atoms with Gasteiger partial charge in [0.15, 0.2) is 0 Å². The molecule has 17 heavy (non-hydrogen) atoms. The van der Waals surface area contributed by atoms with Gasteiger partial charge in [0, 0.05) is 18.7 Å². The summed E-state index contributed by atoms with van der Waals surface area (Å²) in [6, 6.07) is 4.57. The lowest BCUT2D eigenvalue weighted by molar-refractivity contribution is 0.0176. The summed E-state index contributed by atoms with van der Waals surface area (Å²) in [6.45, 7) is 1.65. The maximum absolute atomic E-state index is 13.1. The molecule has 0 unspecified atom stereocenters. The topological polar surface area (TPSA) is 38.3 Å². The number of rotatable bonds is 3. The van der Waals surface area contributed by atoms with E-state index in [1.807, 2.05) is 0 Å². The van der Waals surface area contributed by atoms with E-state index in [2.05, 4.69) is 5.32 Å². The van der Waals surface area contributed by atoms with E-state index in [4.69, 9.17) is 4.74 Å². The van der Waals surface area contributed by atoms with Gasteiger partial charge in [-0.05, 0) is 43.5 Å². The Bertz CT molecular complexity index is 427. The lowest BCUT2D eigenvalue weighted by Gasteiger charge is -2.34. The highest BCUT2D eigenvalue weighted by Crippen LogP contribution is 2.23. The van der Waals surface area contributed by atoms with E-state index < -0.39 is 0 Å². The average molecular weight is 237 g/mol. The van der Waals surface area contributed by atoms with Crippen LogP contribution in [0.25, 0.3) is 0 Å². The van der Waals surface area contributed by atoms with E-state index >= 15 is 0 Å². The standard InChI is InChI=1S/C13H16FNO2/c1-8-5-9(3-4-12(8)14)13(16)15-10-6-11(7-10)17-2/h3-5,10-11H,6-7H2,1-2H3,(H,15,16). The zero-order chi connectivity index (χ0) is 12.4. The van der Waals surface area contributed by atoms with Gasteiger partial charge in [-0.3, -0.25) is 4.79 Å². The molecule has 1 aliphatic rings. The second kappa shape index (κ2) is 4.84. The predicted octanol–water partition coefficient (Wildman–Crippen LogP) is 2.04. The van der Waals surface area contributed by atoms with Crippen molar-refractivity contribution in [3.8, 4) is 0 Å². The molecule has 0 radical (unpaired) electrons. The third kappa shape index (κ3) is 2.64. The summed E-state index contributed by atoms with van der Waals surface area (Å²) in [5, 5.41) is 2.90. The van der Waals surface area contributed by atoms with Crippen molar-refractivity contribution in [2.24, 2.45) is 0 Å². The zero-order valence-electron chi connectivity index (χ0n) is 10.00. The number of halogens is 1. The maximum Gasteiger partial charge on any atom is 0.251 e. The minimum absolute atomic E-state index is 0.146. The van der Waals surface area contributed by atoms with Crippen molar-refractivity contribution < 1.29 is 13.9 Å². The molecule has 3 nitrogen and oxygen atoms in total. The molecule has 0 aromatic heterocycles. The summed E-state index contributed by atoms with van der Waals surface area (Å²) in [4.78, 5) is 11.8. The number of aryl methyl sites for hydroxylation is 1. The van der Waals surface area contributed by atoms with Crippen LogP contribution < -0.4 is 5.32 Å². The highest BCUT2D eigenvalue weighted by Gasteiger charge is 2.30. The molecule has 1 aliphatic carbocycles. The van der Waals surface area contributed by atoms with Crippen LogP contribution in [0.1, 0.15) is 28.8 Å². The second-order valence-corrected chi connectivity index (χ2v) is 4.46. The quantitative estimate of drug-likeness (QED) is 0.873. The van der Waals surface area contributed by atoms with Crippen molar-refractivity contribution in [1.29, 1.82) is 0 Å². The van der Waals surface area contributed by atoms with E-state index in [1.54, 1.807) is 20.1 Å². The Morgan fingerprint density at radius 3 is 2.76 bits per heavy atom. The number of carbonyl (C=O) groups is 1.